The van der Waals surface area contributed by atoms with E-state index in [1.54, 1.807) is 0 Å². The minimum atomic E-state index is 0.496. The molecule has 2 bridgehead atoms. The van der Waals surface area contributed by atoms with Gasteiger partial charge in [0, 0.05) is 21.9 Å². The highest BCUT2D eigenvalue weighted by atomic mass is 35.5. The van der Waals surface area contributed by atoms with Crippen LogP contribution in [0.25, 0.3) is 0 Å². The zero-order valence-corrected chi connectivity index (χ0v) is 10.1. The van der Waals surface area contributed by atoms with E-state index in [1.807, 2.05) is 19.1 Å². The van der Waals surface area contributed by atoms with Crippen LogP contribution in [0.4, 0.5) is 0 Å². The number of rotatable bonds is 0. The van der Waals surface area contributed by atoms with E-state index < -0.39 is 0 Å². The normalized spacial score (nSPS) is 30.6. The van der Waals surface area contributed by atoms with Gasteiger partial charge in [0.25, 0.3) is 0 Å². The lowest BCUT2D eigenvalue weighted by Crippen LogP contribution is -1.97. The molecule has 0 aromatic heterocycles. The summed E-state index contributed by atoms with van der Waals surface area (Å²) in [6.45, 7) is 2.00. The molecule has 2 aliphatic rings. The first-order valence-corrected chi connectivity index (χ1v) is 6.10. The Morgan fingerprint density at radius 1 is 1.27 bits per heavy atom. The van der Waals surface area contributed by atoms with Gasteiger partial charge in [-0.25, -0.2) is 0 Å². The van der Waals surface area contributed by atoms with E-state index in [-0.39, 0.29) is 0 Å². The average molecular weight is 239 g/mol. The SMILES string of the molecule is C/C(Cl)=C1/C2CCC1c1c(Cl)cccc12. The third kappa shape index (κ3) is 1.21. The second-order valence-electron chi connectivity index (χ2n) is 4.41. The highest BCUT2D eigenvalue weighted by molar-refractivity contribution is 6.32. The third-order valence-corrected chi connectivity index (χ3v) is 4.25. The second-order valence-corrected chi connectivity index (χ2v) is 5.39. The second kappa shape index (κ2) is 3.26. The van der Waals surface area contributed by atoms with Gasteiger partial charge in [-0.3, -0.25) is 0 Å². The first-order valence-electron chi connectivity index (χ1n) is 5.34. The molecule has 0 amide bonds. The summed E-state index contributed by atoms with van der Waals surface area (Å²) in [5.41, 5.74) is 4.17. The zero-order valence-electron chi connectivity index (χ0n) is 8.56. The Hall–Kier alpha value is -0.460. The number of hydrogen-bond donors (Lipinski definition) is 0. The van der Waals surface area contributed by atoms with Crippen molar-refractivity contribution < 1.29 is 0 Å². The van der Waals surface area contributed by atoms with E-state index in [2.05, 4.69) is 6.07 Å². The molecular weight excluding hydrogens is 227 g/mol. The van der Waals surface area contributed by atoms with Crippen LogP contribution in [0.3, 0.4) is 0 Å². The van der Waals surface area contributed by atoms with E-state index in [0.29, 0.717) is 11.8 Å². The predicted octanol–water partition coefficient (Wildman–Crippen LogP) is 4.83. The Morgan fingerprint density at radius 2 is 2.00 bits per heavy atom. The van der Waals surface area contributed by atoms with E-state index in [0.717, 1.165) is 10.1 Å². The fraction of sp³-hybridized carbons (Fsp3) is 0.385. The number of fused-ring (bicyclic) bond motifs is 5. The molecular formula is C13H12Cl2. The Morgan fingerprint density at radius 3 is 2.67 bits per heavy atom. The van der Waals surface area contributed by atoms with Crippen molar-refractivity contribution in [2.75, 3.05) is 0 Å². The molecule has 1 aromatic rings. The zero-order chi connectivity index (χ0) is 10.6. The minimum absolute atomic E-state index is 0.496. The van der Waals surface area contributed by atoms with Gasteiger partial charge in [-0.1, -0.05) is 35.3 Å². The molecule has 2 unspecified atom stereocenters. The molecule has 0 radical (unpaired) electrons. The fourth-order valence-electron chi connectivity index (χ4n) is 3.22. The van der Waals surface area contributed by atoms with Crippen molar-refractivity contribution in [3.8, 4) is 0 Å². The number of benzene rings is 1. The Bertz CT molecular complexity index is 456. The summed E-state index contributed by atoms with van der Waals surface area (Å²) in [7, 11) is 0. The molecule has 1 saturated carbocycles. The maximum atomic E-state index is 6.27. The molecule has 0 N–H and O–H groups in total. The maximum absolute atomic E-state index is 6.27. The Labute approximate surface area is 99.9 Å². The van der Waals surface area contributed by atoms with Crippen LogP contribution in [-0.4, -0.2) is 0 Å². The van der Waals surface area contributed by atoms with Gasteiger partial charge in [0.15, 0.2) is 0 Å². The largest absolute Gasteiger partial charge is 0.0895 e. The van der Waals surface area contributed by atoms with Crippen LogP contribution in [0.2, 0.25) is 5.02 Å². The van der Waals surface area contributed by atoms with Gasteiger partial charge in [0.05, 0.1) is 0 Å². The van der Waals surface area contributed by atoms with Crippen LogP contribution < -0.4 is 0 Å². The predicted molar refractivity (Wildman–Crippen MR) is 64.7 cm³/mol. The van der Waals surface area contributed by atoms with Crippen LogP contribution in [0, 0.1) is 0 Å². The van der Waals surface area contributed by atoms with Gasteiger partial charge in [0.2, 0.25) is 0 Å². The molecule has 1 aromatic carbocycles. The molecule has 15 heavy (non-hydrogen) atoms. The Kier molecular flexibility index (Phi) is 2.12. The first kappa shape index (κ1) is 9.74. The smallest absolute Gasteiger partial charge is 0.0447 e. The summed E-state index contributed by atoms with van der Waals surface area (Å²) >= 11 is 12.5. The summed E-state index contributed by atoms with van der Waals surface area (Å²) in [5.74, 6) is 1.04. The molecule has 78 valence electrons. The highest BCUT2D eigenvalue weighted by Crippen LogP contribution is 2.59. The van der Waals surface area contributed by atoms with Crippen molar-refractivity contribution in [2.24, 2.45) is 0 Å². The summed E-state index contributed by atoms with van der Waals surface area (Å²) in [6, 6.07) is 6.23. The average Bonchev–Trinajstić information content (AvgIpc) is 2.73. The molecule has 0 aliphatic heterocycles. The third-order valence-electron chi connectivity index (χ3n) is 3.70. The van der Waals surface area contributed by atoms with Gasteiger partial charge in [-0.15, -0.1) is 0 Å². The van der Waals surface area contributed by atoms with Crippen LogP contribution in [-0.2, 0) is 0 Å². The van der Waals surface area contributed by atoms with E-state index >= 15 is 0 Å². The monoisotopic (exact) mass is 238 g/mol. The lowest BCUT2D eigenvalue weighted by molar-refractivity contribution is 0.717. The van der Waals surface area contributed by atoms with Crippen LogP contribution in [0.5, 0.6) is 0 Å². The van der Waals surface area contributed by atoms with Crippen molar-refractivity contribution in [1.29, 1.82) is 0 Å². The summed E-state index contributed by atoms with van der Waals surface area (Å²) < 4.78 is 0. The minimum Gasteiger partial charge on any atom is -0.0895 e. The fourth-order valence-corrected chi connectivity index (χ4v) is 3.79. The number of hydrogen-bond acceptors (Lipinski definition) is 0. The molecule has 0 heterocycles. The maximum Gasteiger partial charge on any atom is 0.0447 e. The highest BCUT2D eigenvalue weighted by Gasteiger charge is 2.43. The molecule has 0 nitrogen and oxygen atoms in total. The van der Waals surface area contributed by atoms with Crippen LogP contribution >= 0.6 is 23.2 Å². The van der Waals surface area contributed by atoms with Gasteiger partial charge >= 0.3 is 0 Å². The summed E-state index contributed by atoms with van der Waals surface area (Å²) in [4.78, 5) is 0. The lowest BCUT2D eigenvalue weighted by atomic mass is 9.92. The lowest BCUT2D eigenvalue weighted by Gasteiger charge is -2.14. The van der Waals surface area contributed by atoms with Crippen molar-refractivity contribution in [1.82, 2.24) is 0 Å². The molecule has 2 atom stereocenters. The number of allylic oxidation sites excluding steroid dienone is 2. The molecule has 2 aliphatic carbocycles. The number of halogens is 2. The molecule has 2 heteroatoms. The molecule has 0 saturated heterocycles. The van der Waals surface area contributed by atoms with Crippen molar-refractivity contribution >= 4 is 23.2 Å². The first-order chi connectivity index (χ1) is 7.20. The van der Waals surface area contributed by atoms with Crippen molar-refractivity contribution in [3.05, 3.63) is 45.0 Å². The Balaban J connectivity index is 2.26. The summed E-state index contributed by atoms with van der Waals surface area (Å²) in [6.07, 6.45) is 2.44. The van der Waals surface area contributed by atoms with Gasteiger partial charge in [0.1, 0.15) is 0 Å². The van der Waals surface area contributed by atoms with E-state index in [4.69, 9.17) is 23.2 Å². The molecule has 3 rings (SSSR count). The van der Waals surface area contributed by atoms with Crippen LogP contribution in [0.1, 0.15) is 42.7 Å². The van der Waals surface area contributed by atoms with E-state index in [9.17, 15) is 0 Å². The molecule has 1 fully saturated rings. The van der Waals surface area contributed by atoms with Gasteiger partial charge < -0.3 is 0 Å². The van der Waals surface area contributed by atoms with E-state index in [1.165, 1.54) is 29.5 Å². The van der Waals surface area contributed by atoms with Gasteiger partial charge in [-0.2, -0.15) is 0 Å². The van der Waals surface area contributed by atoms with Crippen LogP contribution in [0.15, 0.2) is 28.8 Å². The molecule has 0 spiro atoms. The van der Waals surface area contributed by atoms with Crippen molar-refractivity contribution in [2.45, 2.75) is 31.6 Å². The summed E-state index contributed by atoms with van der Waals surface area (Å²) in [5, 5.41) is 1.88. The quantitative estimate of drug-likeness (QED) is 0.608. The topological polar surface area (TPSA) is 0 Å². The van der Waals surface area contributed by atoms with Gasteiger partial charge in [-0.05, 0) is 42.5 Å². The van der Waals surface area contributed by atoms with Crippen molar-refractivity contribution in [3.63, 3.8) is 0 Å². The standard InChI is InChI=1S/C13H12Cl2/c1-7(14)12-9-5-6-10(12)13-8(9)3-2-4-11(13)15/h2-4,9-10H,5-6H2,1H3/b12-7+.